The minimum atomic E-state index is -0.777. The van der Waals surface area contributed by atoms with Crippen LogP contribution in [0.2, 0.25) is 0 Å². The SMILES string of the molecule is Cc1nc2n(c1CC(=O)O)CCCC2. The lowest BCUT2D eigenvalue weighted by Crippen LogP contribution is -2.15. The Kier molecular flexibility index (Phi) is 2.27. The maximum absolute atomic E-state index is 10.7. The van der Waals surface area contributed by atoms with Gasteiger partial charge in [0.1, 0.15) is 5.82 Å². The van der Waals surface area contributed by atoms with Gasteiger partial charge in [0, 0.05) is 13.0 Å². The van der Waals surface area contributed by atoms with Gasteiger partial charge in [-0.2, -0.15) is 0 Å². The van der Waals surface area contributed by atoms with Gasteiger partial charge in [-0.25, -0.2) is 4.98 Å². The number of carboxylic acid groups (broad SMARTS) is 1. The summed E-state index contributed by atoms with van der Waals surface area (Å²) in [5.74, 6) is 0.284. The molecule has 76 valence electrons. The molecule has 2 heterocycles. The van der Waals surface area contributed by atoms with Crippen molar-refractivity contribution in [3.05, 3.63) is 17.2 Å². The molecule has 0 unspecified atom stereocenters. The van der Waals surface area contributed by atoms with Gasteiger partial charge in [-0.15, -0.1) is 0 Å². The molecular weight excluding hydrogens is 180 g/mol. The van der Waals surface area contributed by atoms with Crippen molar-refractivity contribution in [2.45, 2.75) is 39.2 Å². The quantitative estimate of drug-likeness (QED) is 0.768. The van der Waals surface area contributed by atoms with Gasteiger partial charge in [0.2, 0.25) is 0 Å². The molecular formula is C10H14N2O2. The number of nitrogens with zero attached hydrogens (tertiary/aromatic N) is 2. The molecule has 14 heavy (non-hydrogen) atoms. The van der Waals surface area contributed by atoms with Crippen LogP contribution in [-0.4, -0.2) is 20.6 Å². The van der Waals surface area contributed by atoms with Crippen molar-refractivity contribution in [3.63, 3.8) is 0 Å². The first kappa shape index (κ1) is 9.24. The molecule has 0 aromatic carbocycles. The van der Waals surface area contributed by atoms with Gasteiger partial charge in [0.05, 0.1) is 17.8 Å². The van der Waals surface area contributed by atoms with E-state index in [1.54, 1.807) is 0 Å². The zero-order valence-electron chi connectivity index (χ0n) is 8.29. The van der Waals surface area contributed by atoms with Gasteiger partial charge in [-0.1, -0.05) is 0 Å². The molecule has 2 rings (SSSR count). The van der Waals surface area contributed by atoms with Crippen LogP contribution in [0.25, 0.3) is 0 Å². The van der Waals surface area contributed by atoms with E-state index in [4.69, 9.17) is 5.11 Å². The molecule has 1 aromatic heterocycles. The zero-order chi connectivity index (χ0) is 10.1. The molecule has 0 aliphatic carbocycles. The molecule has 4 nitrogen and oxygen atoms in total. The number of hydrogen-bond acceptors (Lipinski definition) is 2. The Morgan fingerprint density at radius 3 is 3.07 bits per heavy atom. The fourth-order valence-corrected chi connectivity index (χ4v) is 2.04. The topological polar surface area (TPSA) is 55.1 Å². The summed E-state index contributed by atoms with van der Waals surface area (Å²) in [7, 11) is 0. The van der Waals surface area contributed by atoms with Crippen LogP contribution < -0.4 is 0 Å². The Morgan fingerprint density at radius 1 is 1.57 bits per heavy atom. The fraction of sp³-hybridized carbons (Fsp3) is 0.600. The molecule has 0 fully saturated rings. The summed E-state index contributed by atoms with van der Waals surface area (Å²) in [5.41, 5.74) is 1.76. The number of fused-ring (bicyclic) bond motifs is 1. The second-order valence-corrected chi connectivity index (χ2v) is 3.74. The number of imidazole rings is 1. The van der Waals surface area contributed by atoms with Crippen LogP contribution in [0, 0.1) is 6.92 Å². The van der Waals surface area contributed by atoms with E-state index in [1.807, 2.05) is 6.92 Å². The van der Waals surface area contributed by atoms with Crippen molar-refractivity contribution in [2.75, 3.05) is 0 Å². The van der Waals surface area contributed by atoms with Gasteiger partial charge >= 0.3 is 5.97 Å². The third-order valence-corrected chi connectivity index (χ3v) is 2.70. The molecule has 0 radical (unpaired) electrons. The highest BCUT2D eigenvalue weighted by Gasteiger charge is 2.18. The lowest BCUT2D eigenvalue weighted by atomic mass is 10.1. The first-order chi connectivity index (χ1) is 6.68. The van der Waals surface area contributed by atoms with Gasteiger partial charge in [0.15, 0.2) is 0 Å². The highest BCUT2D eigenvalue weighted by atomic mass is 16.4. The Bertz CT molecular complexity index is 368. The second-order valence-electron chi connectivity index (χ2n) is 3.74. The normalized spacial score (nSPS) is 15.2. The first-order valence-electron chi connectivity index (χ1n) is 4.95. The van der Waals surface area contributed by atoms with E-state index >= 15 is 0 Å². The number of hydrogen-bond donors (Lipinski definition) is 1. The summed E-state index contributed by atoms with van der Waals surface area (Å²) in [6.07, 6.45) is 3.39. The van der Waals surface area contributed by atoms with Crippen molar-refractivity contribution in [1.29, 1.82) is 0 Å². The van der Waals surface area contributed by atoms with Gasteiger partial charge in [0.25, 0.3) is 0 Å². The Hall–Kier alpha value is -1.32. The van der Waals surface area contributed by atoms with Crippen molar-refractivity contribution >= 4 is 5.97 Å². The van der Waals surface area contributed by atoms with Crippen molar-refractivity contribution in [2.24, 2.45) is 0 Å². The van der Waals surface area contributed by atoms with Crippen molar-refractivity contribution in [3.8, 4) is 0 Å². The number of aliphatic carboxylic acids is 1. The highest BCUT2D eigenvalue weighted by molar-refractivity contribution is 5.70. The van der Waals surface area contributed by atoms with E-state index in [-0.39, 0.29) is 6.42 Å². The molecule has 0 atom stereocenters. The highest BCUT2D eigenvalue weighted by Crippen LogP contribution is 2.19. The fourth-order valence-electron chi connectivity index (χ4n) is 2.04. The van der Waals surface area contributed by atoms with Crippen LogP contribution in [0.4, 0.5) is 0 Å². The lowest BCUT2D eigenvalue weighted by molar-refractivity contribution is -0.136. The van der Waals surface area contributed by atoms with E-state index < -0.39 is 5.97 Å². The number of carboxylic acids is 1. The molecule has 1 aliphatic heterocycles. The van der Waals surface area contributed by atoms with Crippen LogP contribution in [0.3, 0.4) is 0 Å². The Morgan fingerprint density at radius 2 is 2.36 bits per heavy atom. The molecule has 0 saturated heterocycles. The third-order valence-electron chi connectivity index (χ3n) is 2.70. The number of rotatable bonds is 2. The summed E-state index contributed by atoms with van der Waals surface area (Å²) in [6.45, 7) is 2.82. The molecule has 0 saturated carbocycles. The molecule has 4 heteroatoms. The summed E-state index contributed by atoms with van der Waals surface area (Å²) in [6, 6.07) is 0. The van der Waals surface area contributed by atoms with E-state index in [9.17, 15) is 4.79 Å². The van der Waals surface area contributed by atoms with E-state index in [0.29, 0.717) is 0 Å². The average Bonchev–Trinajstić information content (AvgIpc) is 2.43. The Balaban J connectivity index is 2.37. The van der Waals surface area contributed by atoms with Gasteiger partial charge in [-0.3, -0.25) is 4.79 Å². The molecule has 1 N–H and O–H groups in total. The summed E-state index contributed by atoms with van der Waals surface area (Å²) in [4.78, 5) is 15.1. The number of aromatic nitrogens is 2. The van der Waals surface area contributed by atoms with E-state index in [1.165, 1.54) is 6.42 Å². The largest absolute Gasteiger partial charge is 0.481 e. The zero-order valence-corrected chi connectivity index (χ0v) is 8.29. The molecule has 0 spiro atoms. The van der Waals surface area contributed by atoms with Crippen LogP contribution in [0.5, 0.6) is 0 Å². The number of aryl methyl sites for hydroxylation is 2. The van der Waals surface area contributed by atoms with Crippen molar-refractivity contribution in [1.82, 2.24) is 9.55 Å². The van der Waals surface area contributed by atoms with Crippen LogP contribution >= 0.6 is 0 Å². The summed E-state index contributed by atoms with van der Waals surface area (Å²) >= 11 is 0. The van der Waals surface area contributed by atoms with Crippen LogP contribution in [0.15, 0.2) is 0 Å². The minimum Gasteiger partial charge on any atom is -0.481 e. The Labute approximate surface area is 82.6 Å². The van der Waals surface area contributed by atoms with E-state index in [2.05, 4.69) is 9.55 Å². The third kappa shape index (κ3) is 1.52. The predicted octanol–water partition coefficient (Wildman–Crippen LogP) is 1.15. The predicted molar refractivity (Wildman–Crippen MR) is 51.2 cm³/mol. The summed E-state index contributed by atoms with van der Waals surface area (Å²) in [5, 5.41) is 8.77. The lowest BCUT2D eigenvalue weighted by Gasteiger charge is -2.15. The molecule has 0 bridgehead atoms. The van der Waals surface area contributed by atoms with Gasteiger partial charge < -0.3 is 9.67 Å². The second kappa shape index (κ2) is 3.44. The van der Waals surface area contributed by atoms with Gasteiger partial charge in [-0.05, 0) is 19.8 Å². The standard InChI is InChI=1S/C10H14N2O2/c1-7-8(6-10(13)14)12-5-3-2-4-9(12)11-7/h2-6H2,1H3,(H,13,14). The van der Waals surface area contributed by atoms with Crippen molar-refractivity contribution < 1.29 is 9.90 Å². The molecule has 1 aliphatic rings. The molecule has 1 aromatic rings. The van der Waals surface area contributed by atoms with Crippen LogP contribution in [-0.2, 0) is 24.2 Å². The smallest absolute Gasteiger partial charge is 0.309 e. The maximum Gasteiger partial charge on any atom is 0.309 e. The average molecular weight is 194 g/mol. The first-order valence-corrected chi connectivity index (χ1v) is 4.95. The summed E-state index contributed by atoms with van der Waals surface area (Å²) < 4.78 is 2.08. The van der Waals surface area contributed by atoms with Crippen LogP contribution in [0.1, 0.15) is 30.1 Å². The number of carbonyl (C=O) groups is 1. The minimum absolute atomic E-state index is 0.0961. The maximum atomic E-state index is 10.7. The van der Waals surface area contributed by atoms with E-state index in [0.717, 1.165) is 36.6 Å². The monoisotopic (exact) mass is 194 g/mol. The molecule has 0 amide bonds.